The fourth-order valence-corrected chi connectivity index (χ4v) is 1.53. The summed E-state index contributed by atoms with van der Waals surface area (Å²) in [6, 6.07) is 5.46. The highest BCUT2D eigenvalue weighted by molar-refractivity contribution is 9.10. The van der Waals surface area contributed by atoms with Crippen LogP contribution in [0.1, 0.15) is 17.6 Å². The van der Waals surface area contributed by atoms with Crippen LogP contribution in [0.5, 0.6) is 0 Å². The summed E-state index contributed by atoms with van der Waals surface area (Å²) >= 11 is 3.31. The molecule has 0 bridgehead atoms. The smallest absolute Gasteiger partial charge is 0.157 e. The van der Waals surface area contributed by atoms with Crippen LogP contribution in [0.15, 0.2) is 41.3 Å². The van der Waals surface area contributed by atoms with Crippen LogP contribution in [0, 0.1) is 0 Å². The molecule has 16 heavy (non-hydrogen) atoms. The normalized spacial score (nSPS) is 12.4. The Labute approximate surface area is 102 Å². The topological polar surface area (TPSA) is 58.9 Å². The molecule has 0 saturated carbocycles. The summed E-state index contributed by atoms with van der Waals surface area (Å²) in [6.45, 7) is 0. The molecular formula is C11H10BrN3O. The van der Waals surface area contributed by atoms with Gasteiger partial charge in [0, 0.05) is 35.2 Å². The molecule has 0 aliphatic rings. The van der Waals surface area contributed by atoms with Crippen molar-refractivity contribution in [1.82, 2.24) is 15.0 Å². The lowest BCUT2D eigenvalue weighted by Gasteiger charge is -2.07. The average Bonchev–Trinajstić information content (AvgIpc) is 2.33. The second-order valence-corrected chi connectivity index (χ2v) is 4.21. The Kier molecular flexibility index (Phi) is 3.58. The van der Waals surface area contributed by atoms with Crippen molar-refractivity contribution in [2.24, 2.45) is 0 Å². The van der Waals surface area contributed by atoms with E-state index in [2.05, 4.69) is 30.9 Å². The number of halogens is 1. The van der Waals surface area contributed by atoms with E-state index in [1.165, 1.54) is 0 Å². The maximum absolute atomic E-state index is 9.87. The fourth-order valence-electron chi connectivity index (χ4n) is 1.30. The van der Waals surface area contributed by atoms with Crippen LogP contribution < -0.4 is 0 Å². The van der Waals surface area contributed by atoms with Gasteiger partial charge >= 0.3 is 0 Å². The van der Waals surface area contributed by atoms with Gasteiger partial charge in [-0.05, 0) is 34.1 Å². The molecule has 0 aromatic carbocycles. The van der Waals surface area contributed by atoms with Crippen LogP contribution >= 0.6 is 15.9 Å². The maximum atomic E-state index is 9.87. The van der Waals surface area contributed by atoms with Gasteiger partial charge in [0.25, 0.3) is 0 Å². The van der Waals surface area contributed by atoms with Crippen LogP contribution in [-0.4, -0.2) is 20.1 Å². The average molecular weight is 280 g/mol. The fraction of sp³-hybridized carbons (Fsp3) is 0.182. The molecule has 0 aliphatic carbocycles. The maximum Gasteiger partial charge on any atom is 0.157 e. The van der Waals surface area contributed by atoms with Gasteiger partial charge in [0.05, 0.1) is 0 Å². The van der Waals surface area contributed by atoms with Crippen molar-refractivity contribution >= 4 is 15.9 Å². The highest BCUT2D eigenvalue weighted by Gasteiger charge is 2.11. The zero-order valence-electron chi connectivity index (χ0n) is 8.42. The number of aromatic nitrogens is 3. The second-order valence-electron chi connectivity index (χ2n) is 3.29. The van der Waals surface area contributed by atoms with Crippen LogP contribution in [0.25, 0.3) is 0 Å². The number of aliphatic hydroxyl groups excluding tert-OH is 1. The Morgan fingerprint density at radius 2 is 1.94 bits per heavy atom. The molecule has 2 heterocycles. The van der Waals surface area contributed by atoms with E-state index in [1.54, 1.807) is 24.7 Å². The van der Waals surface area contributed by atoms with E-state index in [4.69, 9.17) is 0 Å². The predicted molar refractivity (Wildman–Crippen MR) is 62.6 cm³/mol. The first kappa shape index (κ1) is 11.2. The van der Waals surface area contributed by atoms with E-state index in [0.717, 1.165) is 10.2 Å². The van der Waals surface area contributed by atoms with Crippen molar-refractivity contribution in [3.63, 3.8) is 0 Å². The van der Waals surface area contributed by atoms with E-state index < -0.39 is 6.10 Å². The Balaban J connectivity index is 2.08. The minimum absolute atomic E-state index is 0.414. The van der Waals surface area contributed by atoms with Gasteiger partial charge in [-0.3, -0.25) is 4.98 Å². The lowest BCUT2D eigenvalue weighted by Crippen LogP contribution is -2.07. The van der Waals surface area contributed by atoms with Crippen molar-refractivity contribution in [3.8, 4) is 0 Å². The third-order valence-corrected chi connectivity index (χ3v) is 2.54. The van der Waals surface area contributed by atoms with Gasteiger partial charge < -0.3 is 5.11 Å². The summed E-state index contributed by atoms with van der Waals surface area (Å²) in [5.41, 5.74) is 0.808. The molecule has 0 radical (unpaired) electrons. The van der Waals surface area contributed by atoms with Crippen LogP contribution in [0.3, 0.4) is 0 Å². The van der Waals surface area contributed by atoms with Gasteiger partial charge in [-0.2, -0.15) is 0 Å². The SMILES string of the molecule is OC(Cc1ccc(Br)cn1)c1ncccn1. The largest absolute Gasteiger partial charge is 0.385 e. The zero-order valence-corrected chi connectivity index (χ0v) is 10.0. The third kappa shape index (κ3) is 2.84. The number of rotatable bonds is 3. The first-order chi connectivity index (χ1) is 7.75. The van der Waals surface area contributed by atoms with Crippen molar-refractivity contribution in [1.29, 1.82) is 0 Å². The zero-order chi connectivity index (χ0) is 11.4. The molecule has 82 valence electrons. The number of pyridine rings is 1. The molecule has 1 unspecified atom stereocenters. The molecule has 2 aromatic heterocycles. The quantitative estimate of drug-likeness (QED) is 0.933. The molecule has 1 N–H and O–H groups in total. The van der Waals surface area contributed by atoms with Gasteiger partial charge in [-0.25, -0.2) is 9.97 Å². The summed E-state index contributed by atoms with van der Waals surface area (Å²) in [5.74, 6) is 0.423. The molecule has 0 spiro atoms. The van der Waals surface area contributed by atoms with E-state index in [1.807, 2.05) is 12.1 Å². The summed E-state index contributed by atoms with van der Waals surface area (Å²) < 4.78 is 0.918. The standard InChI is InChI=1S/C11H10BrN3O/c12-8-2-3-9(15-7-8)6-10(16)11-13-4-1-5-14-11/h1-5,7,10,16H,6H2. The summed E-state index contributed by atoms with van der Waals surface area (Å²) in [4.78, 5) is 12.2. The highest BCUT2D eigenvalue weighted by Crippen LogP contribution is 2.14. The van der Waals surface area contributed by atoms with Gasteiger partial charge in [0.2, 0.25) is 0 Å². The molecule has 4 nitrogen and oxygen atoms in total. The van der Waals surface area contributed by atoms with Crippen molar-refractivity contribution in [3.05, 3.63) is 52.8 Å². The van der Waals surface area contributed by atoms with Gasteiger partial charge in [-0.1, -0.05) is 0 Å². The van der Waals surface area contributed by atoms with Crippen LogP contribution in [0.2, 0.25) is 0 Å². The Hall–Kier alpha value is -1.33. The van der Waals surface area contributed by atoms with Gasteiger partial charge in [0.15, 0.2) is 5.82 Å². The molecular weight excluding hydrogens is 270 g/mol. The molecule has 0 fully saturated rings. The minimum Gasteiger partial charge on any atom is -0.385 e. The Bertz CT molecular complexity index is 447. The molecule has 0 aliphatic heterocycles. The predicted octanol–water partition coefficient (Wildman–Crippen LogP) is 1.91. The number of aliphatic hydroxyl groups is 1. The molecule has 0 saturated heterocycles. The van der Waals surface area contributed by atoms with E-state index >= 15 is 0 Å². The third-order valence-electron chi connectivity index (χ3n) is 2.07. The summed E-state index contributed by atoms with van der Waals surface area (Å²) in [6.07, 6.45) is 4.63. The number of nitrogens with zero attached hydrogens (tertiary/aromatic N) is 3. The van der Waals surface area contributed by atoms with Gasteiger partial charge in [-0.15, -0.1) is 0 Å². The summed E-state index contributed by atoms with van der Waals surface area (Å²) in [5, 5.41) is 9.87. The van der Waals surface area contributed by atoms with Crippen LogP contribution in [-0.2, 0) is 6.42 Å². The molecule has 2 rings (SSSR count). The second kappa shape index (κ2) is 5.14. The monoisotopic (exact) mass is 279 g/mol. The van der Waals surface area contributed by atoms with E-state index in [-0.39, 0.29) is 0 Å². The van der Waals surface area contributed by atoms with Crippen LogP contribution in [0.4, 0.5) is 0 Å². The Morgan fingerprint density at radius 3 is 2.56 bits per heavy atom. The number of hydrogen-bond acceptors (Lipinski definition) is 4. The number of hydrogen-bond donors (Lipinski definition) is 1. The lowest BCUT2D eigenvalue weighted by atomic mass is 10.1. The van der Waals surface area contributed by atoms with E-state index in [0.29, 0.717) is 12.2 Å². The lowest BCUT2D eigenvalue weighted by molar-refractivity contribution is 0.167. The first-order valence-electron chi connectivity index (χ1n) is 4.81. The van der Waals surface area contributed by atoms with Gasteiger partial charge in [0.1, 0.15) is 6.10 Å². The highest BCUT2D eigenvalue weighted by atomic mass is 79.9. The van der Waals surface area contributed by atoms with Crippen molar-refractivity contribution in [2.45, 2.75) is 12.5 Å². The minimum atomic E-state index is -0.713. The molecule has 5 heteroatoms. The molecule has 1 atom stereocenters. The van der Waals surface area contributed by atoms with Crippen molar-refractivity contribution < 1.29 is 5.11 Å². The molecule has 2 aromatic rings. The first-order valence-corrected chi connectivity index (χ1v) is 5.60. The summed E-state index contributed by atoms with van der Waals surface area (Å²) in [7, 11) is 0. The van der Waals surface area contributed by atoms with Crippen molar-refractivity contribution in [2.75, 3.05) is 0 Å². The van der Waals surface area contributed by atoms with E-state index in [9.17, 15) is 5.11 Å². The Morgan fingerprint density at radius 1 is 1.19 bits per heavy atom. The molecule has 0 amide bonds.